The largest absolute Gasteiger partial charge is 0.352 e. The summed E-state index contributed by atoms with van der Waals surface area (Å²) in [7, 11) is 0. The number of carbonyl (C=O) groups is 2. The Hall–Kier alpha value is -3.14. The molecule has 0 atom stereocenters. The number of carbonyl (C=O) groups excluding carboxylic acids is 2. The molecule has 0 heterocycles. The van der Waals surface area contributed by atoms with Crippen molar-refractivity contribution in [1.82, 2.24) is 10.8 Å². The summed E-state index contributed by atoms with van der Waals surface area (Å²) < 4.78 is 0. The van der Waals surface area contributed by atoms with E-state index in [1.807, 2.05) is 5.48 Å². The van der Waals surface area contributed by atoms with Gasteiger partial charge in [-0.25, -0.2) is 5.48 Å². The summed E-state index contributed by atoms with van der Waals surface area (Å²) in [5, 5.41) is 28.4. The molecule has 0 saturated carbocycles. The van der Waals surface area contributed by atoms with Crippen molar-refractivity contribution in [2.24, 2.45) is 0 Å². The van der Waals surface area contributed by atoms with Gasteiger partial charge in [-0.15, -0.1) is 0 Å². The average Bonchev–Trinajstić information content (AvgIpc) is 3.02. The zero-order chi connectivity index (χ0) is 30.0. The van der Waals surface area contributed by atoms with Gasteiger partial charge in [-0.05, 0) is 55.0 Å². The topological polar surface area (TPSA) is 143 Å². The van der Waals surface area contributed by atoms with Crippen molar-refractivity contribution in [2.45, 2.75) is 110 Å². The Bertz CT molecular complexity index is 923. The molecule has 41 heavy (non-hydrogen) atoms. The quantitative estimate of drug-likeness (QED) is 0.0455. The molecular formula is C32H52N4O5. The Morgan fingerprint density at radius 2 is 0.854 bits per heavy atom. The van der Waals surface area contributed by atoms with Gasteiger partial charge in [0.1, 0.15) is 0 Å². The number of benzene rings is 2. The highest BCUT2D eigenvalue weighted by molar-refractivity contribution is 5.94. The van der Waals surface area contributed by atoms with Crippen molar-refractivity contribution in [2.75, 3.05) is 17.5 Å². The van der Waals surface area contributed by atoms with Crippen molar-refractivity contribution >= 4 is 23.2 Å². The normalized spacial score (nSPS) is 10.3. The number of amides is 2. The molecule has 9 heteroatoms. The van der Waals surface area contributed by atoms with Gasteiger partial charge in [-0.2, -0.15) is 0 Å². The van der Waals surface area contributed by atoms with E-state index in [9.17, 15) is 9.59 Å². The molecular weight excluding hydrogens is 520 g/mol. The fourth-order valence-electron chi connectivity index (χ4n) is 4.43. The maximum atomic E-state index is 12.0. The zero-order valence-corrected chi connectivity index (χ0v) is 24.8. The molecule has 0 aromatic heterocycles. The van der Waals surface area contributed by atoms with Crippen LogP contribution in [0.3, 0.4) is 0 Å². The minimum absolute atomic E-state index is 0.0459. The van der Waals surface area contributed by atoms with Crippen LogP contribution < -0.4 is 21.8 Å². The molecule has 0 aliphatic carbocycles. The van der Waals surface area contributed by atoms with Crippen LogP contribution in [0, 0.1) is 0 Å². The predicted octanol–water partition coefficient (Wildman–Crippen LogP) is 8.09. The van der Waals surface area contributed by atoms with Crippen molar-refractivity contribution in [3.8, 4) is 0 Å². The predicted molar refractivity (Wildman–Crippen MR) is 165 cm³/mol. The van der Waals surface area contributed by atoms with Gasteiger partial charge in [0.25, 0.3) is 11.8 Å². The molecule has 0 bridgehead atoms. The van der Waals surface area contributed by atoms with E-state index < -0.39 is 5.91 Å². The molecule has 2 aromatic carbocycles. The third-order valence-electron chi connectivity index (χ3n) is 6.97. The summed E-state index contributed by atoms with van der Waals surface area (Å²) in [5.74, 6) is -0.630. The van der Waals surface area contributed by atoms with Crippen LogP contribution in [-0.2, 0) is 0 Å². The first-order valence-electron chi connectivity index (χ1n) is 15.3. The number of rotatable bonds is 21. The SMILES string of the molecule is CCCCCCCCCCCCCCCCCCNC(=O)c1ccc(NO)cc1.O=C(NO)c1ccc(NO)cc1. The minimum Gasteiger partial charge on any atom is -0.352 e. The molecule has 2 amide bonds. The molecule has 0 aliphatic rings. The monoisotopic (exact) mass is 572 g/mol. The number of unbranched alkanes of at least 4 members (excludes halogenated alkanes) is 15. The molecule has 0 spiro atoms. The van der Waals surface area contributed by atoms with E-state index in [0.29, 0.717) is 22.5 Å². The summed E-state index contributed by atoms with van der Waals surface area (Å²) >= 11 is 0. The van der Waals surface area contributed by atoms with Crippen LogP contribution in [0.1, 0.15) is 130 Å². The molecule has 0 unspecified atom stereocenters. The summed E-state index contributed by atoms with van der Waals surface area (Å²) in [6.07, 6.45) is 21.7. The Balaban J connectivity index is 0.000000580. The zero-order valence-electron chi connectivity index (χ0n) is 24.8. The molecule has 0 saturated heterocycles. The lowest BCUT2D eigenvalue weighted by atomic mass is 10.0. The van der Waals surface area contributed by atoms with Gasteiger partial charge in [-0.1, -0.05) is 103 Å². The Morgan fingerprint density at radius 3 is 1.20 bits per heavy atom. The van der Waals surface area contributed by atoms with Gasteiger partial charge in [0.15, 0.2) is 0 Å². The van der Waals surface area contributed by atoms with E-state index in [0.717, 1.165) is 13.0 Å². The minimum atomic E-state index is -0.584. The van der Waals surface area contributed by atoms with E-state index in [4.69, 9.17) is 15.6 Å². The van der Waals surface area contributed by atoms with E-state index in [1.54, 1.807) is 24.3 Å². The van der Waals surface area contributed by atoms with E-state index in [2.05, 4.69) is 17.7 Å². The highest BCUT2D eigenvalue weighted by Gasteiger charge is 2.04. The Morgan fingerprint density at radius 1 is 0.512 bits per heavy atom. The third-order valence-corrected chi connectivity index (χ3v) is 6.97. The standard InChI is InChI=1S/C25H44N2O2.C7H8N2O3/c1-2-3-4-5-6-7-8-9-10-11-12-13-14-15-16-17-22-26-25(28)23-18-20-24(27-29)21-19-23;10-7(9-12)5-1-3-6(8-11)4-2-5/h18-21,27,29H,2-17,22H2,1H3,(H,26,28);1-4,8,11-12H,(H,9,10). The molecule has 230 valence electrons. The molecule has 9 nitrogen and oxygen atoms in total. The summed E-state index contributed by atoms with van der Waals surface area (Å²) in [5.41, 5.74) is 7.48. The summed E-state index contributed by atoms with van der Waals surface area (Å²) in [6.45, 7) is 3.01. The summed E-state index contributed by atoms with van der Waals surface area (Å²) in [4.78, 5) is 22.8. The molecule has 7 N–H and O–H groups in total. The van der Waals surface area contributed by atoms with Crippen LogP contribution in [0.4, 0.5) is 11.4 Å². The second-order valence-electron chi connectivity index (χ2n) is 10.4. The van der Waals surface area contributed by atoms with Crippen LogP contribution >= 0.6 is 0 Å². The second kappa shape index (κ2) is 24.6. The molecule has 0 fully saturated rings. The van der Waals surface area contributed by atoms with Crippen LogP contribution in [0.15, 0.2) is 48.5 Å². The lowest BCUT2D eigenvalue weighted by molar-refractivity contribution is 0.0706. The summed E-state index contributed by atoms with van der Waals surface area (Å²) in [6, 6.07) is 12.7. The third kappa shape index (κ3) is 18.0. The van der Waals surface area contributed by atoms with Gasteiger partial charge in [0.2, 0.25) is 0 Å². The number of hydroxylamine groups is 1. The van der Waals surface area contributed by atoms with Gasteiger partial charge in [0, 0.05) is 17.7 Å². The first-order chi connectivity index (χ1) is 20.0. The van der Waals surface area contributed by atoms with Gasteiger partial charge in [0.05, 0.1) is 11.4 Å². The van der Waals surface area contributed by atoms with Crippen molar-refractivity contribution < 1.29 is 25.2 Å². The highest BCUT2D eigenvalue weighted by atomic mass is 16.5. The van der Waals surface area contributed by atoms with Crippen LogP contribution in [0.25, 0.3) is 0 Å². The molecule has 0 radical (unpaired) electrons. The highest BCUT2D eigenvalue weighted by Crippen LogP contribution is 2.14. The van der Waals surface area contributed by atoms with E-state index >= 15 is 0 Å². The second-order valence-corrected chi connectivity index (χ2v) is 10.4. The maximum absolute atomic E-state index is 12.0. The maximum Gasteiger partial charge on any atom is 0.274 e. The Labute approximate surface area is 246 Å². The van der Waals surface area contributed by atoms with Crippen molar-refractivity contribution in [3.63, 3.8) is 0 Å². The van der Waals surface area contributed by atoms with Crippen molar-refractivity contribution in [1.29, 1.82) is 0 Å². The number of hydrogen-bond acceptors (Lipinski definition) is 7. The smallest absolute Gasteiger partial charge is 0.274 e. The fraction of sp³-hybridized carbons (Fsp3) is 0.562. The molecule has 0 aliphatic heterocycles. The molecule has 2 aromatic rings. The number of nitrogens with one attached hydrogen (secondary N) is 4. The number of anilines is 2. The molecule has 2 rings (SSSR count). The lowest BCUT2D eigenvalue weighted by Gasteiger charge is -2.06. The fourth-order valence-corrected chi connectivity index (χ4v) is 4.43. The first-order valence-corrected chi connectivity index (χ1v) is 15.3. The van der Waals surface area contributed by atoms with Crippen LogP contribution in [-0.4, -0.2) is 34.0 Å². The number of hydrogen-bond donors (Lipinski definition) is 7. The van der Waals surface area contributed by atoms with Gasteiger partial charge in [-0.3, -0.25) is 36.2 Å². The van der Waals surface area contributed by atoms with Crippen LogP contribution in [0.2, 0.25) is 0 Å². The van der Waals surface area contributed by atoms with E-state index in [-0.39, 0.29) is 5.91 Å². The van der Waals surface area contributed by atoms with Crippen LogP contribution in [0.5, 0.6) is 0 Å². The lowest BCUT2D eigenvalue weighted by Crippen LogP contribution is -2.24. The van der Waals surface area contributed by atoms with E-state index in [1.165, 1.54) is 126 Å². The van der Waals surface area contributed by atoms with Gasteiger partial charge >= 0.3 is 0 Å². The average molecular weight is 573 g/mol. The van der Waals surface area contributed by atoms with Gasteiger partial charge < -0.3 is 5.32 Å². The van der Waals surface area contributed by atoms with Crippen molar-refractivity contribution in [3.05, 3.63) is 59.7 Å². The Kier molecular flexibility index (Phi) is 21.6. The first kappa shape index (κ1) is 35.9.